The molecule has 4 nitrogen and oxygen atoms in total. The lowest BCUT2D eigenvalue weighted by Crippen LogP contribution is -2.49. The number of allylic oxidation sites excluding steroid dienone is 1. The van der Waals surface area contributed by atoms with Crippen LogP contribution < -0.4 is 10.6 Å². The Labute approximate surface area is 135 Å². The van der Waals surface area contributed by atoms with Crippen LogP contribution in [0.4, 0.5) is 0 Å². The van der Waals surface area contributed by atoms with Crippen molar-refractivity contribution < 1.29 is 9.53 Å². The van der Waals surface area contributed by atoms with Crippen LogP contribution in [0.15, 0.2) is 23.1 Å². The van der Waals surface area contributed by atoms with Gasteiger partial charge < -0.3 is 10.1 Å². The Morgan fingerprint density at radius 3 is 2.76 bits per heavy atom. The van der Waals surface area contributed by atoms with Crippen molar-refractivity contribution >= 4 is 29.5 Å². The van der Waals surface area contributed by atoms with E-state index >= 15 is 0 Å². The molecule has 2 rings (SSSR count). The highest BCUT2D eigenvalue weighted by atomic mass is 35.5. The summed E-state index contributed by atoms with van der Waals surface area (Å²) in [7, 11) is 0. The van der Waals surface area contributed by atoms with E-state index in [-0.39, 0.29) is 17.5 Å². The largest absolute Gasteiger partial charge is 0.475 e. The summed E-state index contributed by atoms with van der Waals surface area (Å²) in [5.74, 6) is 1.20. The number of aldehydes is 1. The lowest BCUT2D eigenvalue weighted by atomic mass is 9.90. The van der Waals surface area contributed by atoms with Gasteiger partial charge in [-0.15, -0.1) is 11.6 Å². The number of hydrogen-bond acceptors (Lipinski definition) is 4. The maximum atomic E-state index is 11.0. The number of carbonyl (C=O) groups is 1. The van der Waals surface area contributed by atoms with Crippen LogP contribution in [-0.2, 0) is 9.53 Å². The predicted molar refractivity (Wildman–Crippen MR) is 84.8 cm³/mol. The van der Waals surface area contributed by atoms with Gasteiger partial charge >= 0.3 is 0 Å². The molecule has 1 aliphatic carbocycles. The van der Waals surface area contributed by atoms with Crippen LogP contribution in [0, 0.1) is 11.8 Å². The van der Waals surface area contributed by atoms with Crippen LogP contribution >= 0.6 is 23.2 Å². The van der Waals surface area contributed by atoms with Gasteiger partial charge in [-0.3, -0.25) is 10.1 Å². The molecule has 6 heteroatoms. The van der Waals surface area contributed by atoms with Crippen LogP contribution in [0.25, 0.3) is 0 Å². The zero-order valence-electron chi connectivity index (χ0n) is 12.5. The molecule has 0 aromatic rings. The third kappa shape index (κ3) is 4.15. The Morgan fingerprint density at radius 2 is 2.14 bits per heavy atom. The van der Waals surface area contributed by atoms with Crippen molar-refractivity contribution in [3.63, 3.8) is 0 Å². The Balaban J connectivity index is 2.17. The third-order valence-electron chi connectivity index (χ3n) is 3.74. The molecule has 0 spiro atoms. The lowest BCUT2D eigenvalue weighted by molar-refractivity contribution is -0.105. The Bertz CT molecular complexity index is 463. The number of ether oxygens (including phenoxy) is 1. The first-order chi connectivity index (χ1) is 9.90. The van der Waals surface area contributed by atoms with Crippen LogP contribution in [0.3, 0.4) is 0 Å². The molecule has 0 bridgehead atoms. The summed E-state index contributed by atoms with van der Waals surface area (Å²) in [6.45, 7) is 6.21. The molecule has 0 saturated heterocycles. The highest BCUT2D eigenvalue weighted by molar-refractivity contribution is 6.24. The molecule has 0 aromatic heterocycles. The summed E-state index contributed by atoms with van der Waals surface area (Å²) in [6, 6.07) is 0. The Hall–Kier alpha value is -0.710. The van der Waals surface area contributed by atoms with Gasteiger partial charge in [-0.2, -0.15) is 0 Å². The number of halogens is 2. The molecule has 0 saturated carbocycles. The van der Waals surface area contributed by atoms with Gasteiger partial charge in [-0.1, -0.05) is 38.4 Å². The third-order valence-corrected chi connectivity index (χ3v) is 4.34. The molecule has 3 unspecified atom stereocenters. The first-order valence-corrected chi connectivity index (χ1v) is 8.15. The molecule has 0 amide bonds. The maximum Gasteiger partial charge on any atom is 0.191 e. The quantitative estimate of drug-likeness (QED) is 0.472. The van der Waals surface area contributed by atoms with Crippen LogP contribution in [-0.4, -0.2) is 23.5 Å². The summed E-state index contributed by atoms with van der Waals surface area (Å²) in [4.78, 5) is 11.0. The van der Waals surface area contributed by atoms with Crippen molar-refractivity contribution in [1.29, 1.82) is 0 Å². The molecule has 0 fully saturated rings. The number of nitrogens with one attached hydrogen (secondary N) is 2. The summed E-state index contributed by atoms with van der Waals surface area (Å²) in [6.07, 6.45) is 4.38. The zero-order valence-corrected chi connectivity index (χ0v) is 14.0. The van der Waals surface area contributed by atoms with Crippen molar-refractivity contribution in [2.75, 3.05) is 0 Å². The second-order valence-electron chi connectivity index (χ2n) is 5.99. The van der Waals surface area contributed by atoms with Crippen LogP contribution in [0.5, 0.6) is 0 Å². The standard InChI is InChI=1S/C15H22Cl2N2O2/c1-8(2)12-13(16)18-15(17)19-14(12)21-11-5-9(3)4-10(6-11)7-20/h4,7-9,11,13,15,18-19H,5-6H2,1-3H3/t9?,11?,13?,15-/m0/s1. The average Bonchev–Trinajstić information content (AvgIpc) is 2.36. The summed E-state index contributed by atoms with van der Waals surface area (Å²) in [5.41, 5.74) is 0.936. The highest BCUT2D eigenvalue weighted by Gasteiger charge is 2.31. The van der Waals surface area contributed by atoms with E-state index < -0.39 is 5.62 Å². The Morgan fingerprint density at radius 1 is 1.43 bits per heavy atom. The van der Waals surface area contributed by atoms with Gasteiger partial charge in [-0.05, 0) is 23.8 Å². The van der Waals surface area contributed by atoms with E-state index in [0.29, 0.717) is 18.2 Å². The van der Waals surface area contributed by atoms with Crippen molar-refractivity contribution in [3.8, 4) is 0 Å². The lowest BCUT2D eigenvalue weighted by Gasteiger charge is -2.35. The molecule has 4 atom stereocenters. The van der Waals surface area contributed by atoms with Gasteiger partial charge in [0, 0.05) is 12.0 Å². The molecule has 2 N–H and O–H groups in total. The summed E-state index contributed by atoms with van der Waals surface area (Å²) < 4.78 is 6.11. The number of carbonyl (C=O) groups excluding carboxylic acids is 1. The normalized spacial score (nSPS) is 33.5. The summed E-state index contributed by atoms with van der Waals surface area (Å²) in [5, 5.41) is 6.11. The molecule has 0 aromatic carbocycles. The number of hydrogen-bond donors (Lipinski definition) is 2. The minimum Gasteiger partial charge on any atom is -0.475 e. The molecule has 21 heavy (non-hydrogen) atoms. The Kier molecular flexibility index (Phi) is 5.58. The summed E-state index contributed by atoms with van der Waals surface area (Å²) >= 11 is 12.4. The van der Waals surface area contributed by atoms with Gasteiger partial charge in [0.2, 0.25) is 0 Å². The van der Waals surface area contributed by atoms with Crippen molar-refractivity contribution in [1.82, 2.24) is 10.6 Å². The molecule has 0 radical (unpaired) electrons. The van der Waals surface area contributed by atoms with Gasteiger partial charge in [-0.25, -0.2) is 0 Å². The first-order valence-electron chi connectivity index (χ1n) is 7.28. The van der Waals surface area contributed by atoms with E-state index in [4.69, 9.17) is 27.9 Å². The molecule has 2 aliphatic rings. The monoisotopic (exact) mass is 332 g/mol. The van der Waals surface area contributed by atoms with Gasteiger partial charge in [0.15, 0.2) is 11.5 Å². The molecule has 1 aliphatic heterocycles. The predicted octanol–water partition coefficient (Wildman–Crippen LogP) is 3.07. The van der Waals surface area contributed by atoms with E-state index in [1.807, 2.05) is 6.08 Å². The van der Waals surface area contributed by atoms with Gasteiger partial charge in [0.05, 0.1) is 0 Å². The second-order valence-corrected chi connectivity index (χ2v) is 6.86. The van der Waals surface area contributed by atoms with E-state index in [1.165, 1.54) is 0 Å². The molecule has 118 valence electrons. The minimum atomic E-state index is -0.466. The van der Waals surface area contributed by atoms with Crippen LogP contribution in [0.2, 0.25) is 0 Å². The van der Waals surface area contributed by atoms with Crippen LogP contribution in [0.1, 0.15) is 33.6 Å². The van der Waals surface area contributed by atoms with Crippen molar-refractivity contribution in [2.24, 2.45) is 11.8 Å². The SMILES string of the molecule is CC1C=C(C=O)CC(OC2=C(C(C)C)C(Cl)N[C@H](Cl)N2)C1. The van der Waals surface area contributed by atoms with Crippen molar-refractivity contribution in [3.05, 3.63) is 23.1 Å². The fraction of sp³-hybridized carbons (Fsp3) is 0.667. The fourth-order valence-corrected chi connectivity index (χ4v) is 3.60. The second kappa shape index (κ2) is 7.03. The van der Waals surface area contributed by atoms with E-state index in [9.17, 15) is 4.79 Å². The maximum absolute atomic E-state index is 11.0. The van der Waals surface area contributed by atoms with E-state index in [0.717, 1.165) is 23.9 Å². The average molecular weight is 333 g/mol. The van der Waals surface area contributed by atoms with Gasteiger partial charge in [0.1, 0.15) is 17.9 Å². The molecule has 1 heterocycles. The van der Waals surface area contributed by atoms with Crippen molar-refractivity contribution in [2.45, 2.75) is 50.8 Å². The minimum absolute atomic E-state index is 0.0349. The highest BCUT2D eigenvalue weighted by Crippen LogP contribution is 2.30. The topological polar surface area (TPSA) is 50.4 Å². The fourth-order valence-electron chi connectivity index (χ4n) is 2.84. The molecular formula is C15H22Cl2N2O2. The number of rotatable bonds is 4. The number of alkyl halides is 2. The van der Waals surface area contributed by atoms with Gasteiger partial charge in [0.25, 0.3) is 0 Å². The van der Waals surface area contributed by atoms with E-state index in [2.05, 4.69) is 31.4 Å². The first kappa shape index (κ1) is 16.7. The molecular weight excluding hydrogens is 311 g/mol. The smallest absolute Gasteiger partial charge is 0.191 e. The zero-order chi connectivity index (χ0) is 15.6. The van der Waals surface area contributed by atoms with E-state index in [1.54, 1.807) is 0 Å².